The predicted octanol–water partition coefficient (Wildman–Crippen LogP) is 3.77. The number of nitrogens with zero attached hydrogens (tertiary/aromatic N) is 4. The first-order chi connectivity index (χ1) is 9.54. The number of hydrogen-bond donors (Lipinski definition) is 0. The highest BCUT2D eigenvalue weighted by molar-refractivity contribution is 6.32. The molecule has 0 aliphatic carbocycles. The molecule has 0 amide bonds. The van der Waals surface area contributed by atoms with Crippen molar-refractivity contribution < 1.29 is 0 Å². The standard InChI is InChI=1S/C14H14Cl2N4/c1-8-5-4-6-10(16)13(8)20-11(7-15)17-12-9(2)18-19(3)14(12)20/h4-6H,7H2,1-3H3. The first kappa shape index (κ1) is 13.5. The summed E-state index contributed by atoms with van der Waals surface area (Å²) < 4.78 is 3.82. The van der Waals surface area contributed by atoms with Gasteiger partial charge < -0.3 is 0 Å². The Labute approximate surface area is 126 Å². The van der Waals surface area contributed by atoms with Crippen molar-refractivity contribution in [2.75, 3.05) is 0 Å². The molecule has 0 aliphatic heterocycles. The van der Waals surface area contributed by atoms with E-state index in [2.05, 4.69) is 10.1 Å². The number of aromatic nitrogens is 4. The molecule has 2 heterocycles. The zero-order valence-corrected chi connectivity index (χ0v) is 13.0. The molecule has 0 bridgehead atoms. The summed E-state index contributed by atoms with van der Waals surface area (Å²) >= 11 is 12.5. The molecule has 2 aromatic heterocycles. The van der Waals surface area contributed by atoms with Crippen LogP contribution < -0.4 is 0 Å². The number of benzene rings is 1. The second-order valence-corrected chi connectivity index (χ2v) is 5.46. The Bertz CT molecular complexity index is 781. The molecule has 0 spiro atoms. The molecule has 0 saturated carbocycles. The van der Waals surface area contributed by atoms with Crippen molar-refractivity contribution in [2.45, 2.75) is 19.7 Å². The Morgan fingerprint density at radius 3 is 2.65 bits per heavy atom. The predicted molar refractivity (Wildman–Crippen MR) is 81.9 cm³/mol. The summed E-state index contributed by atoms with van der Waals surface area (Å²) in [6, 6.07) is 5.83. The van der Waals surface area contributed by atoms with E-state index in [0.29, 0.717) is 10.9 Å². The molecular formula is C14H14Cl2N4. The van der Waals surface area contributed by atoms with Crippen LogP contribution in [0.15, 0.2) is 18.2 Å². The first-order valence-electron chi connectivity index (χ1n) is 6.27. The van der Waals surface area contributed by atoms with Crippen LogP contribution in [0.5, 0.6) is 0 Å². The number of aryl methyl sites for hydroxylation is 3. The van der Waals surface area contributed by atoms with Crippen molar-refractivity contribution >= 4 is 34.4 Å². The monoisotopic (exact) mass is 308 g/mol. The molecule has 0 unspecified atom stereocenters. The molecule has 0 atom stereocenters. The van der Waals surface area contributed by atoms with E-state index in [-0.39, 0.29) is 0 Å². The third-order valence-electron chi connectivity index (χ3n) is 3.40. The quantitative estimate of drug-likeness (QED) is 0.676. The number of para-hydroxylation sites is 1. The lowest BCUT2D eigenvalue weighted by atomic mass is 10.2. The van der Waals surface area contributed by atoms with Gasteiger partial charge in [-0.05, 0) is 25.5 Å². The minimum Gasteiger partial charge on any atom is -0.278 e. The molecule has 104 valence electrons. The lowest BCUT2D eigenvalue weighted by molar-refractivity contribution is 0.754. The van der Waals surface area contributed by atoms with Gasteiger partial charge in [0.1, 0.15) is 11.3 Å². The van der Waals surface area contributed by atoms with E-state index in [4.69, 9.17) is 23.2 Å². The van der Waals surface area contributed by atoms with Gasteiger partial charge in [-0.25, -0.2) is 9.67 Å². The second kappa shape index (κ2) is 4.79. The second-order valence-electron chi connectivity index (χ2n) is 4.78. The van der Waals surface area contributed by atoms with Crippen molar-refractivity contribution in [3.63, 3.8) is 0 Å². The van der Waals surface area contributed by atoms with Gasteiger partial charge in [0.15, 0.2) is 5.65 Å². The normalized spacial score (nSPS) is 11.4. The average molecular weight is 309 g/mol. The third kappa shape index (κ3) is 1.83. The van der Waals surface area contributed by atoms with Gasteiger partial charge in [0.25, 0.3) is 0 Å². The summed E-state index contributed by atoms with van der Waals surface area (Å²) in [5, 5.41) is 5.09. The van der Waals surface area contributed by atoms with Crippen LogP contribution in [0.2, 0.25) is 5.02 Å². The van der Waals surface area contributed by atoms with Crippen LogP contribution in [0.1, 0.15) is 17.1 Å². The lowest BCUT2D eigenvalue weighted by Crippen LogP contribution is -2.06. The summed E-state index contributed by atoms with van der Waals surface area (Å²) in [6.07, 6.45) is 0. The van der Waals surface area contributed by atoms with E-state index >= 15 is 0 Å². The van der Waals surface area contributed by atoms with Crippen LogP contribution in [-0.4, -0.2) is 19.3 Å². The van der Waals surface area contributed by atoms with E-state index < -0.39 is 0 Å². The molecule has 6 heteroatoms. The van der Waals surface area contributed by atoms with Crippen LogP contribution in [0.3, 0.4) is 0 Å². The molecule has 0 fully saturated rings. The van der Waals surface area contributed by atoms with Gasteiger partial charge in [0.2, 0.25) is 0 Å². The molecule has 4 nitrogen and oxygen atoms in total. The summed E-state index contributed by atoms with van der Waals surface area (Å²) in [4.78, 5) is 4.60. The summed E-state index contributed by atoms with van der Waals surface area (Å²) in [5.41, 5.74) is 4.64. The van der Waals surface area contributed by atoms with Crippen LogP contribution in [0.25, 0.3) is 16.9 Å². The van der Waals surface area contributed by atoms with E-state index in [9.17, 15) is 0 Å². The number of fused-ring (bicyclic) bond motifs is 1. The minimum atomic E-state index is 0.318. The van der Waals surface area contributed by atoms with Crippen LogP contribution in [0, 0.1) is 13.8 Å². The molecule has 0 saturated heterocycles. The van der Waals surface area contributed by atoms with Gasteiger partial charge in [-0.15, -0.1) is 11.6 Å². The lowest BCUT2D eigenvalue weighted by Gasteiger charge is -2.13. The topological polar surface area (TPSA) is 35.6 Å². The fourth-order valence-electron chi connectivity index (χ4n) is 2.55. The molecule has 1 aromatic carbocycles. The molecule has 0 aliphatic rings. The van der Waals surface area contributed by atoms with Gasteiger partial charge >= 0.3 is 0 Å². The van der Waals surface area contributed by atoms with Crippen molar-refractivity contribution in [3.05, 3.63) is 40.3 Å². The first-order valence-corrected chi connectivity index (χ1v) is 7.18. The summed E-state index contributed by atoms with van der Waals surface area (Å²) in [6.45, 7) is 3.96. The zero-order valence-electron chi connectivity index (χ0n) is 11.5. The SMILES string of the molecule is Cc1cccc(Cl)c1-n1c(CCl)nc2c(C)nn(C)c21. The van der Waals surface area contributed by atoms with Crippen molar-refractivity contribution in [1.29, 1.82) is 0 Å². The summed E-state index contributed by atoms with van der Waals surface area (Å²) in [7, 11) is 1.90. The Morgan fingerprint density at radius 2 is 2.00 bits per heavy atom. The van der Waals surface area contributed by atoms with Crippen LogP contribution in [-0.2, 0) is 12.9 Å². The Kier molecular flexibility index (Phi) is 3.22. The van der Waals surface area contributed by atoms with Gasteiger partial charge in [0, 0.05) is 7.05 Å². The van der Waals surface area contributed by atoms with Gasteiger partial charge in [-0.2, -0.15) is 5.10 Å². The minimum absolute atomic E-state index is 0.318. The number of rotatable bonds is 2. The van der Waals surface area contributed by atoms with Gasteiger partial charge in [0.05, 0.1) is 22.3 Å². The van der Waals surface area contributed by atoms with Crippen molar-refractivity contribution in [3.8, 4) is 5.69 Å². The molecule has 3 rings (SSSR count). The van der Waals surface area contributed by atoms with Crippen LogP contribution >= 0.6 is 23.2 Å². The average Bonchev–Trinajstić information content (AvgIpc) is 2.89. The third-order valence-corrected chi connectivity index (χ3v) is 3.95. The highest BCUT2D eigenvalue weighted by Gasteiger charge is 2.20. The number of alkyl halides is 1. The van der Waals surface area contributed by atoms with Gasteiger partial charge in [-0.1, -0.05) is 23.7 Å². The Hall–Kier alpha value is -1.52. The molecule has 0 radical (unpaired) electrons. The maximum atomic E-state index is 6.39. The van der Waals surface area contributed by atoms with Gasteiger partial charge in [-0.3, -0.25) is 4.57 Å². The smallest absolute Gasteiger partial charge is 0.163 e. The largest absolute Gasteiger partial charge is 0.278 e. The van der Waals surface area contributed by atoms with Crippen molar-refractivity contribution in [2.24, 2.45) is 7.05 Å². The van der Waals surface area contributed by atoms with E-state index in [1.54, 1.807) is 0 Å². The molecule has 20 heavy (non-hydrogen) atoms. The van der Waals surface area contributed by atoms with E-state index in [1.165, 1.54) is 0 Å². The Balaban J connectivity index is 2.46. The fourth-order valence-corrected chi connectivity index (χ4v) is 3.03. The molecule has 0 N–H and O–H groups in total. The van der Waals surface area contributed by atoms with Crippen molar-refractivity contribution in [1.82, 2.24) is 19.3 Å². The number of hydrogen-bond acceptors (Lipinski definition) is 2. The molecular weight excluding hydrogens is 295 g/mol. The maximum Gasteiger partial charge on any atom is 0.163 e. The highest BCUT2D eigenvalue weighted by Crippen LogP contribution is 2.30. The zero-order chi connectivity index (χ0) is 14.4. The van der Waals surface area contributed by atoms with E-state index in [0.717, 1.165) is 33.9 Å². The van der Waals surface area contributed by atoms with E-state index in [1.807, 2.05) is 48.3 Å². The Morgan fingerprint density at radius 1 is 1.25 bits per heavy atom. The maximum absolute atomic E-state index is 6.39. The number of imidazole rings is 1. The highest BCUT2D eigenvalue weighted by atomic mass is 35.5. The summed E-state index contributed by atoms with van der Waals surface area (Å²) in [5.74, 6) is 1.09. The fraction of sp³-hybridized carbons (Fsp3) is 0.286. The molecule has 3 aromatic rings. The van der Waals surface area contributed by atoms with Crippen LogP contribution in [0.4, 0.5) is 0 Å². The number of halogens is 2.